The highest BCUT2D eigenvalue weighted by Gasteiger charge is 2.35. The second-order valence-corrected chi connectivity index (χ2v) is 7.49. The number of benzene rings is 2. The third-order valence-electron chi connectivity index (χ3n) is 5.19. The van der Waals surface area contributed by atoms with Crippen LogP contribution in [0, 0.1) is 6.92 Å². The summed E-state index contributed by atoms with van der Waals surface area (Å²) in [5.41, 5.74) is 7.70. The fraction of sp³-hybridized carbons (Fsp3) is 0.182. The van der Waals surface area contributed by atoms with E-state index in [1.54, 1.807) is 37.3 Å². The molecule has 0 bridgehead atoms. The number of aryl methyl sites for hydroxylation is 1. The maximum Gasteiger partial charge on any atom is 0.421 e. The monoisotopic (exact) mass is 456 g/mol. The van der Waals surface area contributed by atoms with Gasteiger partial charge in [-0.3, -0.25) is 9.59 Å². The second kappa shape index (κ2) is 8.41. The van der Waals surface area contributed by atoms with Gasteiger partial charge in [-0.25, -0.2) is 4.98 Å². The molecule has 0 unspecified atom stereocenters. The van der Waals surface area contributed by atoms with Crippen LogP contribution in [0.3, 0.4) is 0 Å². The summed E-state index contributed by atoms with van der Waals surface area (Å²) in [5.74, 6) is -1.33. The Balaban J connectivity index is 1.62. The van der Waals surface area contributed by atoms with E-state index in [0.717, 1.165) is 5.56 Å². The predicted octanol–water partition coefficient (Wildman–Crippen LogP) is 3.75. The van der Waals surface area contributed by atoms with Gasteiger partial charge in [-0.15, -0.1) is 0 Å². The molecule has 0 spiro atoms. The van der Waals surface area contributed by atoms with Crippen LogP contribution in [0.15, 0.2) is 42.6 Å². The first-order chi connectivity index (χ1) is 15.6. The number of amides is 2. The lowest BCUT2D eigenvalue weighted by molar-refractivity contribution is -0.137. The van der Waals surface area contributed by atoms with Crippen molar-refractivity contribution < 1.29 is 22.8 Å². The SMILES string of the molecule is Cc1cccc(C(N)=O)c1CNc1nc(Nc2ccc3c(c2)CC(=O)N3)ncc1C(F)(F)F. The average Bonchev–Trinajstić information content (AvgIpc) is 3.11. The summed E-state index contributed by atoms with van der Waals surface area (Å²) in [6.45, 7) is 1.63. The first-order valence-electron chi connectivity index (χ1n) is 9.88. The van der Waals surface area contributed by atoms with Gasteiger partial charge < -0.3 is 21.7 Å². The Bertz CT molecular complexity index is 1260. The fourth-order valence-corrected chi connectivity index (χ4v) is 3.56. The summed E-state index contributed by atoms with van der Waals surface area (Å²) in [6.07, 6.45) is -3.80. The molecule has 4 rings (SSSR count). The molecule has 1 aromatic heterocycles. The number of rotatable bonds is 6. The topological polar surface area (TPSA) is 122 Å². The number of alkyl halides is 3. The maximum absolute atomic E-state index is 13.6. The Morgan fingerprint density at radius 3 is 2.76 bits per heavy atom. The van der Waals surface area contributed by atoms with Crippen molar-refractivity contribution in [2.45, 2.75) is 26.1 Å². The van der Waals surface area contributed by atoms with E-state index in [1.807, 2.05) is 0 Å². The average molecular weight is 456 g/mol. The zero-order chi connectivity index (χ0) is 23.8. The standard InChI is InChI=1S/C22H19F3N6O2/c1-11-3-2-4-14(19(26)33)15(11)9-27-20-16(22(23,24)25)10-28-21(31-20)29-13-5-6-17-12(7-13)8-18(32)30-17/h2-7,10H,8-9H2,1H3,(H2,26,33)(H,30,32)(H2,27,28,29,31). The van der Waals surface area contributed by atoms with Crippen LogP contribution in [0.5, 0.6) is 0 Å². The summed E-state index contributed by atoms with van der Waals surface area (Å²) >= 11 is 0. The lowest BCUT2D eigenvalue weighted by Crippen LogP contribution is -2.18. The molecule has 1 aliphatic rings. The summed E-state index contributed by atoms with van der Waals surface area (Å²) in [4.78, 5) is 31.0. The van der Waals surface area contributed by atoms with Crippen molar-refractivity contribution in [3.63, 3.8) is 0 Å². The molecular weight excluding hydrogens is 437 g/mol. The summed E-state index contributed by atoms with van der Waals surface area (Å²) in [7, 11) is 0. The number of halogens is 3. The van der Waals surface area contributed by atoms with Crippen LogP contribution in [0.2, 0.25) is 0 Å². The van der Waals surface area contributed by atoms with Crippen molar-refractivity contribution in [1.29, 1.82) is 0 Å². The van der Waals surface area contributed by atoms with Gasteiger partial charge in [-0.2, -0.15) is 18.2 Å². The van der Waals surface area contributed by atoms with Gasteiger partial charge in [-0.05, 0) is 47.9 Å². The van der Waals surface area contributed by atoms with Crippen LogP contribution in [0.1, 0.15) is 32.6 Å². The molecule has 8 nitrogen and oxygen atoms in total. The molecule has 3 aromatic rings. The van der Waals surface area contributed by atoms with E-state index in [9.17, 15) is 22.8 Å². The molecule has 0 fully saturated rings. The lowest BCUT2D eigenvalue weighted by Gasteiger charge is -2.17. The molecule has 0 aliphatic carbocycles. The van der Waals surface area contributed by atoms with Crippen LogP contribution in [-0.2, 0) is 23.9 Å². The van der Waals surface area contributed by atoms with Crippen LogP contribution in [-0.4, -0.2) is 21.8 Å². The van der Waals surface area contributed by atoms with Crippen LogP contribution >= 0.6 is 0 Å². The molecule has 33 heavy (non-hydrogen) atoms. The minimum atomic E-state index is -4.70. The molecule has 1 aliphatic heterocycles. The second-order valence-electron chi connectivity index (χ2n) is 7.49. The summed E-state index contributed by atoms with van der Waals surface area (Å²) in [6, 6.07) is 9.94. The molecule has 2 heterocycles. The zero-order valence-electron chi connectivity index (χ0n) is 17.4. The van der Waals surface area contributed by atoms with E-state index in [1.165, 1.54) is 6.07 Å². The number of nitrogens with two attached hydrogens (primary N) is 1. The molecule has 0 atom stereocenters. The Kier molecular flexibility index (Phi) is 5.62. The lowest BCUT2D eigenvalue weighted by atomic mass is 10.0. The summed E-state index contributed by atoms with van der Waals surface area (Å²) < 4.78 is 40.7. The van der Waals surface area contributed by atoms with Gasteiger partial charge >= 0.3 is 6.18 Å². The van der Waals surface area contributed by atoms with Crippen molar-refractivity contribution in [3.05, 3.63) is 70.4 Å². The molecule has 0 radical (unpaired) electrons. The molecule has 2 amide bonds. The van der Waals surface area contributed by atoms with Gasteiger partial charge in [0.2, 0.25) is 17.8 Å². The van der Waals surface area contributed by atoms with Crippen molar-refractivity contribution in [2.24, 2.45) is 5.73 Å². The minimum absolute atomic E-state index is 0.0670. The van der Waals surface area contributed by atoms with Crippen LogP contribution in [0.25, 0.3) is 0 Å². The highest BCUT2D eigenvalue weighted by Crippen LogP contribution is 2.35. The highest BCUT2D eigenvalue weighted by molar-refractivity contribution is 5.99. The van der Waals surface area contributed by atoms with Gasteiger partial charge in [0.25, 0.3) is 0 Å². The first kappa shape index (κ1) is 22.1. The number of hydrogen-bond donors (Lipinski definition) is 4. The number of carbonyl (C=O) groups is 2. The van der Waals surface area contributed by atoms with E-state index >= 15 is 0 Å². The number of nitrogens with one attached hydrogen (secondary N) is 3. The van der Waals surface area contributed by atoms with E-state index < -0.39 is 23.5 Å². The maximum atomic E-state index is 13.6. The van der Waals surface area contributed by atoms with Gasteiger partial charge in [0.05, 0.1) is 6.42 Å². The fourth-order valence-electron chi connectivity index (χ4n) is 3.56. The Hall–Kier alpha value is -4.15. The Morgan fingerprint density at radius 2 is 2.03 bits per heavy atom. The van der Waals surface area contributed by atoms with Crippen LogP contribution in [0.4, 0.5) is 36.3 Å². The number of aromatic nitrogens is 2. The zero-order valence-corrected chi connectivity index (χ0v) is 17.4. The third kappa shape index (κ3) is 4.71. The van der Waals surface area contributed by atoms with E-state index in [0.29, 0.717) is 28.7 Å². The normalized spacial score (nSPS) is 12.8. The molecule has 0 saturated carbocycles. The number of anilines is 4. The third-order valence-corrected chi connectivity index (χ3v) is 5.19. The highest BCUT2D eigenvalue weighted by atomic mass is 19.4. The van der Waals surface area contributed by atoms with Crippen molar-refractivity contribution in [2.75, 3.05) is 16.0 Å². The van der Waals surface area contributed by atoms with Gasteiger partial charge in [0.1, 0.15) is 11.4 Å². The first-order valence-corrected chi connectivity index (χ1v) is 9.88. The molecule has 5 N–H and O–H groups in total. The number of carbonyl (C=O) groups excluding carboxylic acids is 2. The van der Waals surface area contributed by atoms with E-state index in [-0.39, 0.29) is 30.4 Å². The molecule has 2 aromatic carbocycles. The van der Waals surface area contributed by atoms with Gasteiger partial charge in [0.15, 0.2) is 0 Å². The van der Waals surface area contributed by atoms with Crippen molar-refractivity contribution in [1.82, 2.24) is 9.97 Å². The summed E-state index contributed by atoms with van der Waals surface area (Å²) in [5, 5.41) is 8.24. The number of fused-ring (bicyclic) bond motifs is 1. The molecule has 0 saturated heterocycles. The van der Waals surface area contributed by atoms with Gasteiger partial charge in [-0.1, -0.05) is 12.1 Å². The van der Waals surface area contributed by atoms with E-state index in [4.69, 9.17) is 5.73 Å². The largest absolute Gasteiger partial charge is 0.421 e. The van der Waals surface area contributed by atoms with Gasteiger partial charge in [0, 0.05) is 29.7 Å². The Morgan fingerprint density at radius 1 is 1.24 bits per heavy atom. The van der Waals surface area contributed by atoms with Crippen molar-refractivity contribution in [3.8, 4) is 0 Å². The molecule has 170 valence electrons. The van der Waals surface area contributed by atoms with E-state index in [2.05, 4.69) is 25.9 Å². The molecular formula is C22H19F3N6O2. The number of nitrogens with zero attached hydrogens (tertiary/aromatic N) is 2. The van der Waals surface area contributed by atoms with Crippen molar-refractivity contribution >= 4 is 35.0 Å². The predicted molar refractivity (Wildman–Crippen MR) is 116 cm³/mol. The van der Waals surface area contributed by atoms with Crippen LogP contribution < -0.4 is 21.7 Å². The quantitative estimate of drug-likeness (QED) is 0.448. The number of hydrogen-bond acceptors (Lipinski definition) is 6. The smallest absolute Gasteiger partial charge is 0.366 e. The minimum Gasteiger partial charge on any atom is -0.366 e. The molecule has 11 heteroatoms. The number of primary amides is 1. The Labute approximate surface area is 186 Å².